The predicted octanol–water partition coefficient (Wildman–Crippen LogP) is 7.58. The van der Waals surface area contributed by atoms with E-state index in [1.807, 2.05) is 79.1 Å². The molecular weight excluding hydrogens is 1570 g/mol. The van der Waals surface area contributed by atoms with Gasteiger partial charge in [0.05, 0.1) is 103 Å². The quantitative estimate of drug-likeness (QED) is 0.0132. The average molecular weight is 1700 g/mol. The zero-order valence-electron chi connectivity index (χ0n) is 71.5. The summed E-state index contributed by atoms with van der Waals surface area (Å²) < 4.78 is 28.5. The number of carbonyl (C=O) groups excluding carboxylic acids is 10. The van der Waals surface area contributed by atoms with Crippen LogP contribution in [-0.4, -0.2) is 232 Å². The number of ether oxygens (including phenoxy) is 5. The number of aliphatic hydroxyl groups excluding tert-OH is 1. The molecule has 3 heterocycles. The second-order valence-electron chi connectivity index (χ2n) is 31.3. The fraction of sp³-hybridized carbons (Fsp3) is 0.556. The SMILES string of the molecule is CCCCCCN(C(=O)[C@@H](NC(=O)[C@H]1CCCCN1CCO)[C@@H](C)CC)[C@H](C[C@@H](OCC)c1nc(C(=O)N[C@@H](Cc2ccc(NC(=O)CNC(=O)[C@H](Cc3ccccc3)NC(=O)CNC(=O)CNC(=O)CCOCCOCCOCCOCCNC(=O)CCC(=O)N3Cc4ccccc4C#Cc4ccccc43)cc2)CC(C)(C)C(=O)O)cs1)C(C)C. The Kier molecular flexibility index (Phi) is 43.0. The highest BCUT2D eigenvalue weighted by Gasteiger charge is 2.40. The Morgan fingerprint density at radius 2 is 1.29 bits per heavy atom. The Morgan fingerprint density at radius 1 is 0.653 bits per heavy atom. The molecule has 0 unspecified atom stereocenters. The fourth-order valence-electron chi connectivity index (χ4n) is 14.2. The van der Waals surface area contributed by atoms with Crippen molar-refractivity contribution in [3.05, 3.63) is 147 Å². The van der Waals surface area contributed by atoms with E-state index in [1.54, 1.807) is 78.7 Å². The normalized spacial score (nSPS) is 14.7. The topological polar surface area (TPSA) is 393 Å². The molecule has 31 heteroatoms. The first-order chi connectivity index (χ1) is 58.3. The van der Waals surface area contributed by atoms with Crippen molar-refractivity contribution in [1.82, 2.24) is 52.0 Å². The standard InChI is InChI=1S/C90H126N12O18S/c1-9-12-13-22-42-101(88(113)83(63(6)10-2)99-86(112)74-30-21-23-41-100(74)43-44-103)75(62(4)5)55-76(120-11-3)87-98-72(61-121-87)85(111)96-70(56-90(7,8)89(114)115)53-65-31-35-69(36-32-65)95-80(107)59-94-84(110)71(54-64-24-15-14-16-25-64)97-81(108)58-93-79(106)57-92-78(105)39-45-116-47-49-118-51-52-119-50-48-117-46-40-91-77(104)37-38-82(109)102-60-68-28-18-17-26-66(68)33-34-67-27-19-20-29-73(67)102/h14-20,24-29,31-32,35-36,61-63,70-71,74-76,83,103H,9-13,21-23,30,37-60H2,1-8H3,(H,91,104)(H,92,105)(H,93,106)(H,94,110)(H,95,107)(H,96,111)(H,97,108)(H,99,112)(H,114,115)/t63-,70-,71-,74+,75+,76+,83-/m0/s1. The molecule has 0 saturated carbocycles. The minimum atomic E-state index is -1.27. The molecule has 5 aromatic rings. The number of carboxylic acids is 1. The second kappa shape index (κ2) is 53.0. The number of hydrogen-bond acceptors (Lipinski definition) is 20. The van der Waals surface area contributed by atoms with Crippen LogP contribution in [0.3, 0.4) is 0 Å². The lowest BCUT2D eigenvalue weighted by Crippen LogP contribution is -2.59. The maximum atomic E-state index is 15.2. The highest BCUT2D eigenvalue weighted by Crippen LogP contribution is 2.34. The molecule has 30 nitrogen and oxygen atoms in total. The number of carbonyl (C=O) groups is 11. The summed E-state index contributed by atoms with van der Waals surface area (Å²) in [7, 11) is 0. The molecule has 1 fully saturated rings. The molecule has 1 aromatic heterocycles. The summed E-state index contributed by atoms with van der Waals surface area (Å²) in [6, 6.07) is 27.3. The van der Waals surface area contributed by atoms with Crippen LogP contribution < -0.4 is 47.4 Å². The van der Waals surface area contributed by atoms with Crippen molar-refractivity contribution < 1.29 is 86.6 Å². The number of anilines is 2. The van der Waals surface area contributed by atoms with Crippen LogP contribution in [-0.2, 0) is 91.0 Å². The third-order valence-corrected chi connectivity index (χ3v) is 22.1. The van der Waals surface area contributed by atoms with E-state index in [9.17, 15) is 58.2 Å². The number of β-amino-alcohol motifs (C(OH)–C–C–N with tert-alkyl or cyclic N) is 1. The predicted molar refractivity (Wildman–Crippen MR) is 461 cm³/mol. The zero-order valence-corrected chi connectivity index (χ0v) is 72.3. The summed E-state index contributed by atoms with van der Waals surface area (Å²) in [5, 5.41) is 44.2. The molecule has 0 radical (unpaired) electrons. The molecule has 1 saturated heterocycles. The van der Waals surface area contributed by atoms with Crippen LogP contribution in [0.15, 0.2) is 109 Å². The summed E-state index contributed by atoms with van der Waals surface area (Å²) in [6.45, 7) is 18.2. The smallest absolute Gasteiger partial charge is 0.309 e. The molecule has 2 aliphatic rings. The fourth-order valence-corrected chi connectivity index (χ4v) is 15.1. The molecule has 121 heavy (non-hydrogen) atoms. The first kappa shape index (κ1) is 98.1. The van der Waals surface area contributed by atoms with Crippen LogP contribution in [0.5, 0.6) is 0 Å². The third kappa shape index (κ3) is 34.1. The molecule has 7 rings (SSSR count). The summed E-state index contributed by atoms with van der Waals surface area (Å²) in [4.78, 5) is 158. The van der Waals surface area contributed by atoms with Crippen LogP contribution in [0.25, 0.3) is 0 Å². The number of thiazole rings is 1. The van der Waals surface area contributed by atoms with Gasteiger partial charge in [-0.2, -0.15) is 0 Å². The van der Waals surface area contributed by atoms with Gasteiger partial charge in [0.15, 0.2) is 0 Å². The van der Waals surface area contributed by atoms with Crippen molar-refractivity contribution in [3.8, 4) is 11.8 Å². The largest absolute Gasteiger partial charge is 0.481 e. The molecule has 2 aliphatic heterocycles. The Morgan fingerprint density at radius 3 is 1.98 bits per heavy atom. The number of likely N-dealkylation sites (tertiary alicyclic amines) is 1. The highest BCUT2D eigenvalue weighted by molar-refractivity contribution is 7.09. The monoisotopic (exact) mass is 1690 g/mol. The van der Waals surface area contributed by atoms with Crippen molar-refractivity contribution in [2.75, 3.05) is 122 Å². The number of nitrogens with one attached hydrogen (secondary N) is 8. The van der Waals surface area contributed by atoms with Gasteiger partial charge in [0, 0.05) is 92.6 Å². The number of benzene rings is 4. The number of carboxylic acid groups (broad SMARTS) is 1. The number of aromatic nitrogens is 1. The third-order valence-electron chi connectivity index (χ3n) is 21.2. The van der Waals surface area contributed by atoms with Gasteiger partial charge >= 0.3 is 5.97 Å². The second-order valence-corrected chi connectivity index (χ2v) is 32.2. The van der Waals surface area contributed by atoms with Gasteiger partial charge in [-0.1, -0.05) is 151 Å². The number of para-hydroxylation sites is 1. The summed E-state index contributed by atoms with van der Waals surface area (Å²) >= 11 is 1.26. The molecular formula is C90H126N12O18S. The number of rotatable bonds is 55. The van der Waals surface area contributed by atoms with E-state index in [1.165, 1.54) is 11.3 Å². The van der Waals surface area contributed by atoms with E-state index in [2.05, 4.69) is 75.1 Å². The lowest BCUT2D eigenvalue weighted by atomic mass is 9.84. The van der Waals surface area contributed by atoms with Crippen molar-refractivity contribution in [2.45, 2.75) is 195 Å². The number of aliphatic hydroxyl groups is 1. The van der Waals surface area contributed by atoms with Gasteiger partial charge in [-0.15, -0.1) is 11.3 Å². The van der Waals surface area contributed by atoms with Gasteiger partial charge in [-0.25, -0.2) is 4.98 Å². The van der Waals surface area contributed by atoms with E-state index < -0.39 is 96.7 Å². The van der Waals surface area contributed by atoms with Crippen molar-refractivity contribution in [3.63, 3.8) is 0 Å². The molecule has 10 N–H and O–H groups in total. The van der Waals surface area contributed by atoms with Gasteiger partial charge in [-0.3, -0.25) is 57.6 Å². The number of piperidine rings is 1. The van der Waals surface area contributed by atoms with Gasteiger partial charge in [0.25, 0.3) is 5.91 Å². The maximum absolute atomic E-state index is 15.2. The zero-order chi connectivity index (χ0) is 87.5. The van der Waals surface area contributed by atoms with Gasteiger partial charge in [-0.05, 0) is 118 Å². The molecule has 0 bridgehead atoms. The molecule has 660 valence electrons. The van der Waals surface area contributed by atoms with Crippen molar-refractivity contribution in [2.24, 2.45) is 17.3 Å². The number of unbranched alkanes of at least 4 members (excludes halogenated alkanes) is 3. The van der Waals surface area contributed by atoms with E-state index in [-0.39, 0.29) is 132 Å². The Hall–Kier alpha value is -10.0. The minimum Gasteiger partial charge on any atom is -0.481 e. The van der Waals surface area contributed by atoms with Crippen molar-refractivity contribution >= 4 is 87.8 Å². The van der Waals surface area contributed by atoms with Crippen LogP contribution in [0, 0.1) is 29.1 Å². The first-order valence-electron chi connectivity index (χ1n) is 42.5. The Bertz CT molecular complexity index is 4190. The van der Waals surface area contributed by atoms with Gasteiger partial charge in [0.1, 0.15) is 28.9 Å². The number of amides is 10. The molecule has 4 aromatic carbocycles. The summed E-state index contributed by atoms with van der Waals surface area (Å²) in [5.74, 6) is 0.645. The van der Waals surface area contributed by atoms with E-state index in [0.717, 1.165) is 55.2 Å². The van der Waals surface area contributed by atoms with E-state index in [0.29, 0.717) is 99.4 Å². The van der Waals surface area contributed by atoms with E-state index in [4.69, 9.17) is 28.7 Å². The minimum absolute atomic E-state index is 0.0257. The van der Waals surface area contributed by atoms with Gasteiger partial charge < -0.3 is 86.2 Å². The summed E-state index contributed by atoms with van der Waals surface area (Å²) in [6.07, 6.45) is 6.81. The number of fused-ring (bicyclic) bond motifs is 2. The van der Waals surface area contributed by atoms with Crippen LogP contribution in [0.1, 0.15) is 188 Å². The average Bonchev–Trinajstić information content (AvgIpc) is 1.36. The summed E-state index contributed by atoms with van der Waals surface area (Å²) in [5.41, 5.74) is 3.86. The van der Waals surface area contributed by atoms with Crippen LogP contribution in [0.4, 0.5) is 11.4 Å². The Labute approximate surface area is 715 Å². The first-order valence-corrected chi connectivity index (χ1v) is 43.4. The Balaban J connectivity index is 0.792. The molecule has 10 amide bonds. The van der Waals surface area contributed by atoms with Crippen molar-refractivity contribution in [1.29, 1.82) is 0 Å². The van der Waals surface area contributed by atoms with Crippen LogP contribution in [0.2, 0.25) is 0 Å². The lowest BCUT2D eigenvalue weighted by Gasteiger charge is -2.40. The van der Waals surface area contributed by atoms with E-state index >= 15 is 4.79 Å². The maximum Gasteiger partial charge on any atom is 0.309 e. The number of aliphatic carboxylic acids is 1. The van der Waals surface area contributed by atoms with Gasteiger partial charge in [0.2, 0.25) is 53.2 Å². The van der Waals surface area contributed by atoms with Crippen LogP contribution >= 0.6 is 11.3 Å². The number of nitrogens with zero attached hydrogens (tertiary/aromatic N) is 4. The number of hydrogen-bond donors (Lipinski definition) is 10. The molecule has 0 aliphatic carbocycles. The molecule has 0 spiro atoms. The lowest BCUT2D eigenvalue weighted by molar-refractivity contribution is -0.147. The molecule has 7 atom stereocenters. The highest BCUT2D eigenvalue weighted by atomic mass is 32.1.